The van der Waals surface area contributed by atoms with Gasteiger partial charge in [0.05, 0.1) is 10.6 Å². The second-order valence-electron chi connectivity index (χ2n) is 3.17. The van der Waals surface area contributed by atoms with Crippen LogP contribution in [0.3, 0.4) is 0 Å². The number of nitrogens with one attached hydrogen (secondary N) is 1. The van der Waals surface area contributed by atoms with Crippen molar-refractivity contribution in [1.82, 2.24) is 5.32 Å². The molecule has 0 aliphatic carbocycles. The second-order valence-corrected chi connectivity index (χ2v) is 3.94. The Labute approximate surface area is 107 Å². The van der Waals surface area contributed by atoms with Crippen molar-refractivity contribution in [3.8, 4) is 0 Å². The van der Waals surface area contributed by atoms with Crippen LogP contribution in [-0.2, 0) is 4.79 Å². The quantitative estimate of drug-likeness (QED) is 0.732. The molecule has 7 heteroatoms. The maximum absolute atomic E-state index is 12.7. The molecule has 2 N–H and O–H groups in total. The van der Waals surface area contributed by atoms with Gasteiger partial charge in [-0.05, 0) is 18.2 Å². The van der Waals surface area contributed by atoms with Crippen LogP contribution < -0.4 is 5.32 Å². The van der Waals surface area contributed by atoms with E-state index in [1.54, 1.807) is 0 Å². The van der Waals surface area contributed by atoms with Crippen LogP contribution in [0, 0.1) is 5.82 Å². The highest BCUT2D eigenvalue weighted by atomic mass is 35.5. The lowest BCUT2D eigenvalue weighted by molar-refractivity contribution is -0.138. The Hall–Kier alpha value is -1.27. The van der Waals surface area contributed by atoms with Gasteiger partial charge in [-0.3, -0.25) is 4.79 Å². The molecule has 0 aromatic heterocycles. The average molecular weight is 278 g/mol. The second kappa shape index (κ2) is 5.88. The molecule has 0 spiro atoms. The fourth-order valence-corrected chi connectivity index (χ4v) is 1.60. The minimum Gasteiger partial charge on any atom is -0.480 e. The molecule has 4 nitrogen and oxygen atoms in total. The van der Waals surface area contributed by atoms with Crippen molar-refractivity contribution >= 4 is 36.1 Å². The molecule has 92 valence electrons. The number of thiol groups is 1. The largest absolute Gasteiger partial charge is 0.480 e. The highest BCUT2D eigenvalue weighted by Crippen LogP contribution is 2.17. The lowest BCUT2D eigenvalue weighted by atomic mass is 10.2. The predicted molar refractivity (Wildman–Crippen MR) is 64.2 cm³/mol. The zero-order chi connectivity index (χ0) is 13.0. The van der Waals surface area contributed by atoms with Crippen molar-refractivity contribution < 1.29 is 19.1 Å². The summed E-state index contributed by atoms with van der Waals surface area (Å²) in [5.41, 5.74) is 0.0149. The van der Waals surface area contributed by atoms with Crippen molar-refractivity contribution in [2.24, 2.45) is 0 Å². The number of carbonyl (C=O) groups is 2. The Morgan fingerprint density at radius 1 is 1.53 bits per heavy atom. The summed E-state index contributed by atoms with van der Waals surface area (Å²) in [5.74, 6) is -2.52. The van der Waals surface area contributed by atoms with Crippen LogP contribution in [0.1, 0.15) is 10.4 Å². The van der Waals surface area contributed by atoms with E-state index in [0.29, 0.717) is 0 Å². The number of benzene rings is 1. The highest BCUT2D eigenvalue weighted by molar-refractivity contribution is 7.80. The fourth-order valence-electron chi connectivity index (χ4n) is 1.10. The zero-order valence-electron chi connectivity index (χ0n) is 8.48. The Morgan fingerprint density at radius 2 is 2.18 bits per heavy atom. The number of carbonyl (C=O) groups excluding carboxylic acids is 1. The molecule has 0 saturated carbocycles. The molecule has 1 unspecified atom stereocenters. The van der Waals surface area contributed by atoms with Gasteiger partial charge in [-0.1, -0.05) is 11.6 Å². The predicted octanol–water partition coefficient (Wildman–Crippen LogP) is 1.59. The van der Waals surface area contributed by atoms with E-state index < -0.39 is 23.7 Å². The molecule has 1 aromatic carbocycles. The third kappa shape index (κ3) is 3.61. The molecule has 1 amide bonds. The van der Waals surface area contributed by atoms with E-state index in [2.05, 4.69) is 17.9 Å². The Bertz CT molecular complexity index is 455. The number of amides is 1. The lowest BCUT2D eigenvalue weighted by Crippen LogP contribution is -2.42. The van der Waals surface area contributed by atoms with E-state index in [0.717, 1.165) is 12.1 Å². The summed E-state index contributed by atoms with van der Waals surface area (Å²) in [6, 6.07) is 2.11. The average Bonchev–Trinajstić information content (AvgIpc) is 2.24. The van der Waals surface area contributed by atoms with Crippen LogP contribution in [0.25, 0.3) is 0 Å². The van der Waals surface area contributed by atoms with Crippen molar-refractivity contribution in [3.05, 3.63) is 34.6 Å². The topological polar surface area (TPSA) is 66.4 Å². The molecule has 0 aliphatic heterocycles. The van der Waals surface area contributed by atoms with Crippen molar-refractivity contribution in [2.75, 3.05) is 5.75 Å². The summed E-state index contributed by atoms with van der Waals surface area (Å²) in [5, 5.41) is 10.9. The van der Waals surface area contributed by atoms with Crippen LogP contribution in [0.2, 0.25) is 5.02 Å². The fraction of sp³-hybridized carbons (Fsp3) is 0.200. The Morgan fingerprint density at radius 3 is 2.65 bits per heavy atom. The number of carboxylic acid groups (broad SMARTS) is 1. The lowest BCUT2D eigenvalue weighted by Gasteiger charge is -2.12. The van der Waals surface area contributed by atoms with Gasteiger partial charge >= 0.3 is 5.97 Å². The number of aliphatic carboxylic acids is 1. The van der Waals surface area contributed by atoms with Crippen molar-refractivity contribution in [3.63, 3.8) is 0 Å². The first kappa shape index (κ1) is 13.8. The first-order chi connectivity index (χ1) is 7.95. The molecule has 0 bridgehead atoms. The molecule has 0 saturated heterocycles. The molecule has 1 aromatic rings. The minimum absolute atomic E-state index is 0.0149. The molecular formula is C10H9ClFNO3S. The monoisotopic (exact) mass is 277 g/mol. The van der Waals surface area contributed by atoms with E-state index in [1.807, 2.05) is 0 Å². The molecule has 1 atom stereocenters. The Balaban J connectivity index is 2.86. The van der Waals surface area contributed by atoms with E-state index in [-0.39, 0.29) is 16.3 Å². The van der Waals surface area contributed by atoms with E-state index in [9.17, 15) is 14.0 Å². The summed E-state index contributed by atoms with van der Waals surface area (Å²) in [4.78, 5) is 22.3. The van der Waals surface area contributed by atoms with Gasteiger partial charge in [-0.25, -0.2) is 9.18 Å². The van der Waals surface area contributed by atoms with E-state index in [4.69, 9.17) is 16.7 Å². The normalized spacial score (nSPS) is 11.9. The molecule has 0 radical (unpaired) electrons. The summed E-state index contributed by atoms with van der Waals surface area (Å²) in [7, 11) is 0. The minimum atomic E-state index is -1.20. The number of halogens is 2. The van der Waals surface area contributed by atoms with Crippen LogP contribution in [0.4, 0.5) is 4.39 Å². The molecule has 1 rings (SSSR count). The van der Waals surface area contributed by atoms with E-state index >= 15 is 0 Å². The molecule has 0 aliphatic rings. The van der Waals surface area contributed by atoms with Crippen LogP contribution in [-0.4, -0.2) is 28.8 Å². The number of carboxylic acids is 1. The summed E-state index contributed by atoms with van der Waals surface area (Å²) >= 11 is 9.46. The van der Waals surface area contributed by atoms with Crippen LogP contribution in [0.15, 0.2) is 18.2 Å². The SMILES string of the molecule is O=C(NC(CS)C(=O)O)c1ccc(F)cc1Cl. The van der Waals surface area contributed by atoms with Gasteiger partial charge in [0.1, 0.15) is 11.9 Å². The third-order valence-electron chi connectivity index (χ3n) is 1.96. The smallest absolute Gasteiger partial charge is 0.327 e. The van der Waals surface area contributed by atoms with Gasteiger partial charge in [0.2, 0.25) is 0 Å². The van der Waals surface area contributed by atoms with Gasteiger partial charge in [0, 0.05) is 5.75 Å². The highest BCUT2D eigenvalue weighted by Gasteiger charge is 2.20. The number of hydrogen-bond acceptors (Lipinski definition) is 3. The van der Waals surface area contributed by atoms with Crippen LogP contribution in [0.5, 0.6) is 0 Å². The van der Waals surface area contributed by atoms with Gasteiger partial charge < -0.3 is 10.4 Å². The summed E-state index contributed by atoms with van der Waals surface area (Å²) < 4.78 is 12.7. The van der Waals surface area contributed by atoms with Gasteiger partial charge in [-0.15, -0.1) is 0 Å². The van der Waals surface area contributed by atoms with E-state index in [1.165, 1.54) is 6.07 Å². The van der Waals surface area contributed by atoms with Crippen LogP contribution >= 0.6 is 24.2 Å². The third-order valence-corrected chi connectivity index (χ3v) is 2.64. The van der Waals surface area contributed by atoms with Crippen molar-refractivity contribution in [2.45, 2.75) is 6.04 Å². The molecule has 17 heavy (non-hydrogen) atoms. The van der Waals surface area contributed by atoms with Crippen molar-refractivity contribution in [1.29, 1.82) is 0 Å². The first-order valence-electron chi connectivity index (χ1n) is 4.55. The molecule has 0 fully saturated rings. The summed E-state index contributed by atoms with van der Waals surface area (Å²) in [6.45, 7) is 0. The zero-order valence-corrected chi connectivity index (χ0v) is 10.1. The standard InChI is InChI=1S/C10H9ClFNO3S/c11-7-3-5(12)1-2-6(7)9(14)13-8(4-17)10(15)16/h1-3,8,17H,4H2,(H,13,14)(H,15,16). The number of rotatable bonds is 4. The Kier molecular flexibility index (Phi) is 4.77. The summed E-state index contributed by atoms with van der Waals surface area (Å²) in [6.07, 6.45) is 0. The van der Waals surface area contributed by atoms with Gasteiger partial charge in [-0.2, -0.15) is 12.6 Å². The van der Waals surface area contributed by atoms with Gasteiger partial charge in [0.25, 0.3) is 5.91 Å². The maximum Gasteiger partial charge on any atom is 0.327 e. The number of hydrogen-bond donors (Lipinski definition) is 3. The molecule has 0 heterocycles. The molecular weight excluding hydrogens is 269 g/mol. The van der Waals surface area contributed by atoms with Gasteiger partial charge in [0.15, 0.2) is 0 Å². The maximum atomic E-state index is 12.7. The first-order valence-corrected chi connectivity index (χ1v) is 5.56.